The van der Waals surface area contributed by atoms with Crippen molar-refractivity contribution in [2.75, 3.05) is 19.7 Å². The normalized spacial score (nSPS) is 19.7. The van der Waals surface area contributed by atoms with Crippen molar-refractivity contribution in [3.63, 3.8) is 0 Å². The van der Waals surface area contributed by atoms with Gasteiger partial charge in [-0.15, -0.1) is 0 Å². The smallest absolute Gasteiger partial charge is 0.242 e. The SMILES string of the molecule is CC(C)(CCO)CNC(=O)C1CCCN1C(=O)C(C)(C)C. The van der Waals surface area contributed by atoms with Gasteiger partial charge in [-0.25, -0.2) is 0 Å². The third-order valence-corrected chi connectivity index (χ3v) is 3.99. The van der Waals surface area contributed by atoms with Gasteiger partial charge in [0.15, 0.2) is 0 Å². The van der Waals surface area contributed by atoms with Crippen molar-refractivity contribution in [1.82, 2.24) is 10.2 Å². The molecule has 0 saturated carbocycles. The largest absolute Gasteiger partial charge is 0.396 e. The number of aliphatic hydroxyl groups excluding tert-OH is 1. The molecule has 0 spiro atoms. The van der Waals surface area contributed by atoms with Crippen molar-refractivity contribution in [2.45, 2.75) is 59.9 Å². The number of nitrogens with one attached hydrogen (secondary N) is 1. The average molecular weight is 298 g/mol. The molecule has 1 aliphatic heterocycles. The highest BCUT2D eigenvalue weighted by molar-refractivity contribution is 5.90. The number of likely N-dealkylation sites (tertiary alicyclic amines) is 1. The lowest BCUT2D eigenvalue weighted by atomic mass is 9.89. The zero-order valence-corrected chi connectivity index (χ0v) is 14.0. The van der Waals surface area contributed by atoms with Crippen LogP contribution in [0, 0.1) is 10.8 Å². The molecule has 2 N–H and O–H groups in total. The summed E-state index contributed by atoms with van der Waals surface area (Å²) in [6, 6.07) is -0.346. The molecular weight excluding hydrogens is 268 g/mol. The number of carbonyl (C=O) groups is 2. The van der Waals surface area contributed by atoms with E-state index in [1.807, 2.05) is 34.6 Å². The molecule has 21 heavy (non-hydrogen) atoms. The Morgan fingerprint density at radius 2 is 1.86 bits per heavy atom. The number of rotatable bonds is 5. The highest BCUT2D eigenvalue weighted by atomic mass is 16.3. The van der Waals surface area contributed by atoms with Crippen LogP contribution in [-0.4, -0.2) is 47.6 Å². The van der Waals surface area contributed by atoms with Gasteiger partial charge in [-0.05, 0) is 24.7 Å². The Morgan fingerprint density at radius 3 is 2.38 bits per heavy atom. The first kappa shape index (κ1) is 18.0. The minimum atomic E-state index is -0.459. The Hall–Kier alpha value is -1.10. The van der Waals surface area contributed by atoms with Crippen LogP contribution >= 0.6 is 0 Å². The predicted molar refractivity (Wildman–Crippen MR) is 82.7 cm³/mol. The molecule has 1 aliphatic rings. The third-order valence-electron chi connectivity index (χ3n) is 3.99. The molecule has 2 amide bonds. The van der Waals surface area contributed by atoms with Crippen LogP contribution in [0.5, 0.6) is 0 Å². The zero-order valence-electron chi connectivity index (χ0n) is 14.0. The van der Waals surface area contributed by atoms with Gasteiger partial charge in [-0.2, -0.15) is 0 Å². The van der Waals surface area contributed by atoms with E-state index in [4.69, 9.17) is 5.11 Å². The number of aliphatic hydroxyl groups is 1. The van der Waals surface area contributed by atoms with E-state index in [2.05, 4.69) is 5.32 Å². The highest BCUT2D eigenvalue weighted by Gasteiger charge is 2.38. The predicted octanol–water partition coefficient (Wildman–Crippen LogP) is 1.55. The van der Waals surface area contributed by atoms with Gasteiger partial charge in [0.2, 0.25) is 11.8 Å². The molecule has 0 aromatic rings. The average Bonchev–Trinajstić information content (AvgIpc) is 2.82. The van der Waals surface area contributed by atoms with Crippen molar-refractivity contribution in [3.05, 3.63) is 0 Å². The van der Waals surface area contributed by atoms with E-state index in [1.165, 1.54) is 0 Å². The van der Waals surface area contributed by atoms with E-state index in [0.717, 1.165) is 12.8 Å². The van der Waals surface area contributed by atoms with Crippen LogP contribution in [0.15, 0.2) is 0 Å². The molecule has 1 rings (SSSR count). The van der Waals surface area contributed by atoms with Crippen LogP contribution in [0.25, 0.3) is 0 Å². The van der Waals surface area contributed by atoms with Gasteiger partial charge in [0.1, 0.15) is 6.04 Å². The molecule has 122 valence electrons. The lowest BCUT2D eigenvalue weighted by Gasteiger charge is -2.31. The molecule has 0 radical (unpaired) electrons. The van der Waals surface area contributed by atoms with Crippen molar-refractivity contribution in [1.29, 1.82) is 0 Å². The van der Waals surface area contributed by atoms with Gasteiger partial charge < -0.3 is 15.3 Å². The first-order valence-corrected chi connectivity index (χ1v) is 7.78. The maximum atomic E-state index is 12.4. The number of hydrogen-bond donors (Lipinski definition) is 2. The summed E-state index contributed by atoms with van der Waals surface area (Å²) >= 11 is 0. The van der Waals surface area contributed by atoms with Gasteiger partial charge in [-0.3, -0.25) is 9.59 Å². The van der Waals surface area contributed by atoms with E-state index in [-0.39, 0.29) is 29.9 Å². The maximum absolute atomic E-state index is 12.4. The minimum Gasteiger partial charge on any atom is -0.396 e. The summed E-state index contributed by atoms with van der Waals surface area (Å²) in [5, 5.41) is 12.0. The van der Waals surface area contributed by atoms with E-state index < -0.39 is 5.41 Å². The molecule has 1 atom stereocenters. The number of hydrogen-bond acceptors (Lipinski definition) is 3. The van der Waals surface area contributed by atoms with Crippen LogP contribution < -0.4 is 5.32 Å². The van der Waals surface area contributed by atoms with Crippen LogP contribution in [0.1, 0.15) is 53.9 Å². The summed E-state index contributed by atoms with van der Waals surface area (Å²) in [5.74, 6) is -0.0362. The number of nitrogens with zero attached hydrogens (tertiary/aromatic N) is 1. The highest BCUT2D eigenvalue weighted by Crippen LogP contribution is 2.26. The second-order valence-corrected chi connectivity index (χ2v) is 7.76. The fourth-order valence-corrected chi connectivity index (χ4v) is 2.55. The van der Waals surface area contributed by atoms with Crippen molar-refractivity contribution >= 4 is 11.8 Å². The van der Waals surface area contributed by atoms with Crippen LogP contribution in [0.2, 0.25) is 0 Å². The Bertz CT molecular complexity index is 385. The Labute approximate surface area is 128 Å². The monoisotopic (exact) mass is 298 g/mol. The van der Waals surface area contributed by atoms with Crippen molar-refractivity contribution < 1.29 is 14.7 Å². The fourth-order valence-electron chi connectivity index (χ4n) is 2.55. The molecule has 0 bridgehead atoms. The molecule has 1 unspecified atom stereocenters. The van der Waals surface area contributed by atoms with Crippen molar-refractivity contribution in [2.24, 2.45) is 10.8 Å². The van der Waals surface area contributed by atoms with E-state index >= 15 is 0 Å². The fraction of sp³-hybridized carbons (Fsp3) is 0.875. The lowest BCUT2D eigenvalue weighted by molar-refractivity contribution is -0.144. The Kier molecular flexibility index (Phi) is 5.79. The van der Waals surface area contributed by atoms with Crippen LogP contribution in [0.4, 0.5) is 0 Å². The first-order chi connectivity index (χ1) is 9.58. The molecular formula is C16H30N2O3. The number of carbonyl (C=O) groups excluding carboxylic acids is 2. The summed E-state index contributed by atoms with van der Waals surface area (Å²) in [5.41, 5.74) is -0.596. The Morgan fingerprint density at radius 1 is 1.24 bits per heavy atom. The van der Waals surface area contributed by atoms with Crippen LogP contribution in [-0.2, 0) is 9.59 Å². The first-order valence-electron chi connectivity index (χ1n) is 7.78. The van der Waals surface area contributed by atoms with Crippen LogP contribution in [0.3, 0.4) is 0 Å². The van der Waals surface area contributed by atoms with Crippen molar-refractivity contribution in [3.8, 4) is 0 Å². The second kappa shape index (κ2) is 6.77. The summed E-state index contributed by atoms with van der Waals surface area (Å²) in [4.78, 5) is 26.5. The molecule has 1 saturated heterocycles. The van der Waals surface area contributed by atoms with E-state index in [1.54, 1.807) is 4.90 Å². The number of amides is 2. The quantitative estimate of drug-likeness (QED) is 0.809. The lowest BCUT2D eigenvalue weighted by Crippen LogP contribution is -2.50. The van der Waals surface area contributed by atoms with E-state index in [0.29, 0.717) is 19.5 Å². The van der Waals surface area contributed by atoms with E-state index in [9.17, 15) is 9.59 Å². The zero-order chi connectivity index (χ0) is 16.3. The molecule has 0 aromatic heterocycles. The topological polar surface area (TPSA) is 69.6 Å². The van der Waals surface area contributed by atoms with Gasteiger partial charge in [0.25, 0.3) is 0 Å². The standard InChI is InChI=1S/C16H30N2O3/c1-15(2,3)14(21)18-9-6-7-12(18)13(20)17-11-16(4,5)8-10-19/h12,19H,6-11H2,1-5H3,(H,17,20). The van der Waals surface area contributed by atoms with Gasteiger partial charge >= 0.3 is 0 Å². The summed E-state index contributed by atoms with van der Waals surface area (Å²) in [7, 11) is 0. The summed E-state index contributed by atoms with van der Waals surface area (Å²) in [6.45, 7) is 11.0. The molecule has 1 fully saturated rings. The second-order valence-electron chi connectivity index (χ2n) is 7.76. The molecule has 1 heterocycles. The molecule has 5 heteroatoms. The summed E-state index contributed by atoms with van der Waals surface area (Å²) in [6.07, 6.45) is 2.25. The molecule has 0 aliphatic carbocycles. The van der Waals surface area contributed by atoms with Gasteiger partial charge in [0.05, 0.1) is 0 Å². The third kappa shape index (κ3) is 4.99. The molecule has 5 nitrogen and oxygen atoms in total. The summed E-state index contributed by atoms with van der Waals surface area (Å²) < 4.78 is 0. The minimum absolute atomic E-state index is 0.0368. The maximum Gasteiger partial charge on any atom is 0.242 e. The Balaban J connectivity index is 2.63. The van der Waals surface area contributed by atoms with Gasteiger partial charge in [-0.1, -0.05) is 34.6 Å². The molecule has 0 aromatic carbocycles. The van der Waals surface area contributed by atoms with Gasteiger partial charge in [0, 0.05) is 25.1 Å².